The van der Waals surface area contributed by atoms with Crippen molar-refractivity contribution in [1.29, 1.82) is 0 Å². The first kappa shape index (κ1) is 22.7. The molecular weight excluding hydrogens is 412 g/mol. The fourth-order valence-electron chi connectivity index (χ4n) is 3.39. The van der Waals surface area contributed by atoms with Crippen molar-refractivity contribution in [3.63, 3.8) is 0 Å². The van der Waals surface area contributed by atoms with Gasteiger partial charge >= 0.3 is 6.03 Å². The van der Waals surface area contributed by atoms with Crippen LogP contribution in [0, 0.1) is 6.92 Å². The zero-order valence-electron chi connectivity index (χ0n) is 18.2. The lowest BCUT2D eigenvalue weighted by molar-refractivity contribution is -0.120. The number of hydrogen-bond acceptors (Lipinski definition) is 5. The molecule has 0 radical (unpaired) electrons. The fraction of sp³-hybridized carbons (Fsp3) is 0.261. The van der Waals surface area contributed by atoms with Gasteiger partial charge in [0, 0.05) is 11.4 Å². The van der Waals surface area contributed by atoms with Crippen LogP contribution in [0.15, 0.2) is 53.7 Å². The molecule has 4 amide bonds. The zero-order valence-corrected chi connectivity index (χ0v) is 18.2. The highest BCUT2D eigenvalue weighted by Gasteiger charge is 2.32. The number of urea groups is 1. The van der Waals surface area contributed by atoms with Crippen LogP contribution in [0.2, 0.25) is 0 Å². The van der Waals surface area contributed by atoms with E-state index in [1.165, 1.54) is 0 Å². The van der Waals surface area contributed by atoms with Gasteiger partial charge in [-0.05, 0) is 50.1 Å². The molecule has 1 aliphatic heterocycles. The molecule has 0 spiro atoms. The van der Waals surface area contributed by atoms with E-state index >= 15 is 0 Å². The molecule has 0 fully saturated rings. The van der Waals surface area contributed by atoms with Gasteiger partial charge in [0.15, 0.2) is 18.1 Å². The van der Waals surface area contributed by atoms with Crippen molar-refractivity contribution < 1.29 is 23.9 Å². The summed E-state index contributed by atoms with van der Waals surface area (Å²) >= 11 is 0. The van der Waals surface area contributed by atoms with Gasteiger partial charge in [0.25, 0.3) is 11.8 Å². The quantitative estimate of drug-likeness (QED) is 0.503. The Balaban J connectivity index is 1.96. The molecule has 168 valence electrons. The molecule has 32 heavy (non-hydrogen) atoms. The lowest BCUT2D eigenvalue weighted by atomic mass is 9.94. The summed E-state index contributed by atoms with van der Waals surface area (Å²) in [6, 6.07) is 11.3. The van der Waals surface area contributed by atoms with E-state index in [0.29, 0.717) is 40.6 Å². The van der Waals surface area contributed by atoms with Gasteiger partial charge in [0.05, 0.1) is 18.2 Å². The monoisotopic (exact) mass is 438 g/mol. The summed E-state index contributed by atoms with van der Waals surface area (Å²) in [6.07, 6.45) is 0. The van der Waals surface area contributed by atoms with Crippen molar-refractivity contribution in [2.24, 2.45) is 5.73 Å². The molecule has 5 N–H and O–H groups in total. The molecule has 0 aliphatic carbocycles. The van der Waals surface area contributed by atoms with Crippen LogP contribution in [0.1, 0.15) is 31.0 Å². The van der Waals surface area contributed by atoms with E-state index in [0.717, 1.165) is 5.56 Å². The van der Waals surface area contributed by atoms with Crippen LogP contribution in [-0.4, -0.2) is 31.1 Å². The normalized spacial score (nSPS) is 15.5. The molecule has 0 bridgehead atoms. The smallest absolute Gasteiger partial charge is 0.319 e. The van der Waals surface area contributed by atoms with Gasteiger partial charge in [-0.25, -0.2) is 4.79 Å². The minimum atomic E-state index is -0.725. The van der Waals surface area contributed by atoms with Crippen LogP contribution in [0.4, 0.5) is 10.5 Å². The summed E-state index contributed by atoms with van der Waals surface area (Å²) in [5.74, 6) is -0.256. The minimum absolute atomic E-state index is 0.299. The second kappa shape index (κ2) is 9.86. The topological polar surface area (TPSA) is 132 Å². The molecule has 2 aromatic rings. The maximum Gasteiger partial charge on any atom is 0.319 e. The number of allylic oxidation sites excluding steroid dienone is 1. The summed E-state index contributed by atoms with van der Waals surface area (Å²) < 4.78 is 11.1. The van der Waals surface area contributed by atoms with E-state index in [2.05, 4.69) is 16.0 Å². The van der Waals surface area contributed by atoms with Gasteiger partial charge in [0.2, 0.25) is 0 Å². The average molecular weight is 438 g/mol. The summed E-state index contributed by atoms with van der Waals surface area (Å²) in [4.78, 5) is 36.5. The number of nitrogens with two attached hydrogens (primary N) is 1. The number of aryl methyl sites for hydroxylation is 1. The number of amides is 4. The Bertz CT molecular complexity index is 1080. The van der Waals surface area contributed by atoms with Gasteiger partial charge < -0.3 is 31.2 Å². The van der Waals surface area contributed by atoms with Crippen molar-refractivity contribution in [3.05, 3.63) is 64.9 Å². The Morgan fingerprint density at radius 1 is 1.09 bits per heavy atom. The Kier molecular flexibility index (Phi) is 6.99. The first-order valence-electron chi connectivity index (χ1n) is 10.1. The Morgan fingerprint density at radius 2 is 1.84 bits per heavy atom. The molecule has 1 aliphatic rings. The van der Waals surface area contributed by atoms with Gasteiger partial charge in [-0.3, -0.25) is 9.59 Å². The summed E-state index contributed by atoms with van der Waals surface area (Å²) in [5, 5.41) is 8.36. The van der Waals surface area contributed by atoms with Gasteiger partial charge in [-0.2, -0.15) is 0 Å². The number of hydrogen-bond donors (Lipinski definition) is 4. The number of rotatable bonds is 8. The molecule has 0 saturated heterocycles. The largest absolute Gasteiger partial charge is 0.490 e. The lowest BCUT2D eigenvalue weighted by Gasteiger charge is -2.29. The molecule has 1 atom stereocenters. The van der Waals surface area contributed by atoms with Crippen molar-refractivity contribution >= 4 is 23.5 Å². The van der Waals surface area contributed by atoms with Crippen LogP contribution in [0.5, 0.6) is 11.5 Å². The molecule has 9 heteroatoms. The van der Waals surface area contributed by atoms with E-state index in [9.17, 15) is 14.4 Å². The molecule has 1 heterocycles. The van der Waals surface area contributed by atoms with E-state index < -0.39 is 18.0 Å². The third-order valence-corrected chi connectivity index (χ3v) is 4.88. The van der Waals surface area contributed by atoms with Crippen LogP contribution in [-0.2, 0) is 9.59 Å². The molecule has 1 unspecified atom stereocenters. The van der Waals surface area contributed by atoms with Gasteiger partial charge in [0.1, 0.15) is 0 Å². The maximum absolute atomic E-state index is 13.2. The number of para-hydroxylation sites is 1. The second-order valence-corrected chi connectivity index (χ2v) is 7.23. The number of primary amides is 1. The fourth-order valence-corrected chi connectivity index (χ4v) is 3.39. The van der Waals surface area contributed by atoms with Crippen molar-refractivity contribution in [3.8, 4) is 11.5 Å². The maximum atomic E-state index is 13.2. The van der Waals surface area contributed by atoms with E-state index in [1.807, 2.05) is 38.1 Å². The zero-order chi connectivity index (χ0) is 23.3. The third kappa shape index (κ3) is 5.18. The summed E-state index contributed by atoms with van der Waals surface area (Å²) in [5.41, 5.74) is 8.17. The second-order valence-electron chi connectivity index (χ2n) is 7.23. The van der Waals surface area contributed by atoms with Crippen LogP contribution >= 0.6 is 0 Å². The first-order valence-corrected chi connectivity index (χ1v) is 10.1. The number of ether oxygens (including phenoxy) is 2. The van der Waals surface area contributed by atoms with Crippen molar-refractivity contribution in [1.82, 2.24) is 10.6 Å². The molecule has 2 aromatic carbocycles. The van der Waals surface area contributed by atoms with Crippen molar-refractivity contribution in [2.45, 2.75) is 26.8 Å². The number of carbonyl (C=O) groups excluding carboxylic acids is 3. The van der Waals surface area contributed by atoms with Crippen LogP contribution in [0.25, 0.3) is 0 Å². The lowest BCUT2D eigenvalue weighted by Crippen LogP contribution is -2.46. The molecule has 3 rings (SSSR count). The highest BCUT2D eigenvalue weighted by molar-refractivity contribution is 6.07. The van der Waals surface area contributed by atoms with Gasteiger partial charge in [-0.1, -0.05) is 24.3 Å². The Labute approximate surface area is 186 Å². The first-order chi connectivity index (χ1) is 15.3. The van der Waals surface area contributed by atoms with E-state index in [4.69, 9.17) is 15.2 Å². The molecule has 0 saturated carbocycles. The van der Waals surface area contributed by atoms with Crippen LogP contribution < -0.4 is 31.2 Å². The standard InChI is InChI=1S/C23H26N4O5/c1-4-31-18-11-15(9-10-17(18)32-12-19(24)28)21-20(14(3)25-23(30)27-21)22(29)26-16-8-6-5-7-13(16)2/h5-11,21H,4,12H2,1-3H3,(H2,24,28)(H,26,29)(H2,25,27,30). The predicted octanol–water partition coefficient (Wildman–Crippen LogP) is 2.52. The third-order valence-electron chi connectivity index (χ3n) is 4.88. The van der Waals surface area contributed by atoms with Crippen molar-refractivity contribution in [2.75, 3.05) is 18.5 Å². The molecule has 9 nitrogen and oxygen atoms in total. The van der Waals surface area contributed by atoms with Crippen LogP contribution in [0.3, 0.4) is 0 Å². The number of benzene rings is 2. The summed E-state index contributed by atoms with van der Waals surface area (Å²) in [7, 11) is 0. The number of carbonyl (C=O) groups is 3. The molecule has 0 aromatic heterocycles. The number of nitrogens with one attached hydrogen (secondary N) is 3. The summed E-state index contributed by atoms with van der Waals surface area (Å²) in [6.45, 7) is 5.43. The number of anilines is 1. The Hall–Kier alpha value is -4.01. The van der Waals surface area contributed by atoms with Gasteiger partial charge in [-0.15, -0.1) is 0 Å². The average Bonchev–Trinajstić information content (AvgIpc) is 2.74. The predicted molar refractivity (Wildman–Crippen MR) is 119 cm³/mol. The van der Waals surface area contributed by atoms with E-state index in [1.54, 1.807) is 25.1 Å². The highest BCUT2D eigenvalue weighted by atomic mass is 16.5. The minimum Gasteiger partial charge on any atom is -0.490 e. The van der Waals surface area contributed by atoms with E-state index in [-0.39, 0.29) is 12.5 Å². The highest BCUT2D eigenvalue weighted by Crippen LogP contribution is 2.35. The molecular formula is C23H26N4O5. The SMILES string of the molecule is CCOc1cc(C2NC(=O)NC(C)=C2C(=O)Nc2ccccc2C)ccc1OCC(N)=O. The Morgan fingerprint density at radius 3 is 2.53 bits per heavy atom.